The van der Waals surface area contributed by atoms with Gasteiger partial charge < -0.3 is 15.1 Å². The Kier molecular flexibility index (Phi) is 4.83. The molecule has 1 fully saturated rings. The first-order valence-electron chi connectivity index (χ1n) is 7.87. The van der Waals surface area contributed by atoms with Gasteiger partial charge in [0.1, 0.15) is 18.6 Å². The van der Waals surface area contributed by atoms with E-state index in [1.54, 1.807) is 13.0 Å². The predicted octanol–water partition coefficient (Wildman–Crippen LogP) is 2.58. The summed E-state index contributed by atoms with van der Waals surface area (Å²) in [5.41, 5.74) is 1.34. The molecular weight excluding hydrogens is 369 g/mol. The lowest BCUT2D eigenvalue weighted by Crippen LogP contribution is -2.33. The monoisotopic (exact) mass is 383 g/mol. The van der Waals surface area contributed by atoms with E-state index in [9.17, 15) is 14.0 Å². The van der Waals surface area contributed by atoms with Crippen molar-refractivity contribution in [2.45, 2.75) is 6.92 Å². The van der Waals surface area contributed by atoms with Gasteiger partial charge in [-0.05, 0) is 49.0 Å². The average molecular weight is 383 g/mol. The van der Waals surface area contributed by atoms with E-state index in [4.69, 9.17) is 18.8 Å². The number of thiocarbonyl (C=S) groups is 1. The van der Waals surface area contributed by atoms with E-state index < -0.39 is 11.7 Å². The maximum Gasteiger partial charge on any atom is 0.272 e. The van der Waals surface area contributed by atoms with Gasteiger partial charge in [0, 0.05) is 12.7 Å². The highest BCUT2D eigenvalue weighted by molar-refractivity contribution is 7.81. The highest BCUT2D eigenvalue weighted by Gasteiger charge is 2.36. The first-order valence-corrected chi connectivity index (χ1v) is 8.28. The minimum Gasteiger partial charge on any atom is -0.360 e. The molecule has 0 spiro atoms. The smallest absolute Gasteiger partial charge is 0.272 e. The lowest BCUT2D eigenvalue weighted by molar-refractivity contribution is -0.115. The first kappa shape index (κ1) is 18.4. The fraction of sp³-hybridized carbons (Fsp3) is 0.167. The van der Waals surface area contributed by atoms with Crippen LogP contribution in [0.4, 0.5) is 21.6 Å². The van der Waals surface area contributed by atoms with Crippen molar-refractivity contribution in [3.8, 4) is 0 Å². The van der Waals surface area contributed by atoms with Crippen LogP contribution in [0.2, 0.25) is 0 Å². The molecule has 1 aliphatic rings. The zero-order valence-electron chi connectivity index (χ0n) is 14.5. The van der Waals surface area contributed by atoms with Crippen molar-refractivity contribution >= 4 is 46.3 Å². The number of halogens is 1. The SMILES string of the molecule is [C-]#[N+]c1ncc(N2C(=O)CN(c3ccc(C(=O)NC)c(F)c3)C2=S)cc1C. The summed E-state index contributed by atoms with van der Waals surface area (Å²) in [7, 11) is 1.41. The molecule has 0 radical (unpaired) electrons. The molecule has 2 amide bonds. The Morgan fingerprint density at radius 2 is 2.11 bits per heavy atom. The Bertz CT molecular complexity index is 1020. The van der Waals surface area contributed by atoms with Gasteiger partial charge in [-0.1, -0.05) is 6.57 Å². The summed E-state index contributed by atoms with van der Waals surface area (Å²) < 4.78 is 14.3. The number of carbonyl (C=O) groups excluding carboxylic acids is 2. The van der Waals surface area contributed by atoms with Gasteiger partial charge in [0.2, 0.25) is 0 Å². The van der Waals surface area contributed by atoms with Crippen LogP contribution in [0.25, 0.3) is 4.85 Å². The quantitative estimate of drug-likeness (QED) is 0.652. The number of rotatable bonds is 3. The summed E-state index contributed by atoms with van der Waals surface area (Å²) in [6.45, 7) is 8.71. The normalized spacial score (nSPS) is 13.7. The molecule has 9 heteroatoms. The Labute approximate surface area is 160 Å². The minimum absolute atomic E-state index is 0.0682. The summed E-state index contributed by atoms with van der Waals surface area (Å²) in [4.78, 5) is 34.2. The van der Waals surface area contributed by atoms with E-state index in [1.807, 2.05) is 0 Å². The van der Waals surface area contributed by atoms with E-state index >= 15 is 0 Å². The predicted molar refractivity (Wildman–Crippen MR) is 102 cm³/mol. The molecule has 0 saturated carbocycles. The van der Waals surface area contributed by atoms with E-state index in [1.165, 1.54) is 41.2 Å². The molecule has 1 N–H and O–H groups in total. The number of hydrogen-bond donors (Lipinski definition) is 1. The van der Waals surface area contributed by atoms with Crippen molar-refractivity contribution < 1.29 is 14.0 Å². The van der Waals surface area contributed by atoms with Crippen LogP contribution in [-0.2, 0) is 4.79 Å². The molecule has 27 heavy (non-hydrogen) atoms. The van der Waals surface area contributed by atoms with Gasteiger partial charge in [0.15, 0.2) is 5.11 Å². The van der Waals surface area contributed by atoms with E-state index in [2.05, 4.69) is 15.1 Å². The topological polar surface area (TPSA) is 69.9 Å². The van der Waals surface area contributed by atoms with E-state index in [-0.39, 0.29) is 28.9 Å². The zero-order valence-corrected chi connectivity index (χ0v) is 15.3. The molecule has 3 rings (SSSR count). The number of pyridine rings is 1. The molecule has 0 atom stereocenters. The van der Waals surface area contributed by atoms with Gasteiger partial charge in [-0.3, -0.25) is 14.5 Å². The average Bonchev–Trinajstić information content (AvgIpc) is 2.95. The van der Waals surface area contributed by atoms with Gasteiger partial charge in [-0.25, -0.2) is 4.39 Å². The molecule has 1 aromatic carbocycles. The third kappa shape index (κ3) is 3.22. The summed E-state index contributed by atoms with van der Waals surface area (Å²) in [6, 6.07) is 5.69. The molecule has 2 heterocycles. The van der Waals surface area contributed by atoms with E-state index in [0.717, 1.165) is 0 Å². The van der Waals surface area contributed by atoms with Gasteiger partial charge >= 0.3 is 0 Å². The maximum absolute atomic E-state index is 14.3. The largest absolute Gasteiger partial charge is 0.360 e. The lowest BCUT2D eigenvalue weighted by atomic mass is 10.1. The molecule has 1 aliphatic heterocycles. The number of amides is 2. The van der Waals surface area contributed by atoms with Gasteiger partial charge in [-0.15, -0.1) is 4.98 Å². The number of aromatic nitrogens is 1. The molecule has 0 unspecified atom stereocenters. The molecule has 1 saturated heterocycles. The highest BCUT2D eigenvalue weighted by atomic mass is 32.1. The number of aryl methyl sites for hydroxylation is 1. The Morgan fingerprint density at radius 1 is 1.37 bits per heavy atom. The molecular formula is C18H14FN5O2S. The van der Waals surface area contributed by atoms with Gasteiger partial charge in [-0.2, -0.15) is 0 Å². The van der Waals surface area contributed by atoms with Crippen molar-refractivity contribution in [3.05, 3.63) is 58.8 Å². The number of hydrogen-bond acceptors (Lipinski definition) is 4. The second-order valence-electron chi connectivity index (χ2n) is 5.79. The lowest BCUT2D eigenvalue weighted by Gasteiger charge is -2.20. The number of benzene rings is 1. The minimum atomic E-state index is -0.709. The van der Waals surface area contributed by atoms with Crippen LogP contribution in [0.3, 0.4) is 0 Å². The third-order valence-corrected chi connectivity index (χ3v) is 4.50. The Balaban J connectivity index is 1.93. The standard InChI is InChI=1S/C18H14FN5O2S/c1-10-6-12(8-22-16(10)20-2)24-15(25)9-23(18(24)27)11-4-5-13(14(19)7-11)17(26)21-3/h4-8H,9H2,1,3H3,(H,21,26). The third-order valence-electron chi connectivity index (χ3n) is 4.10. The van der Waals surface area contributed by atoms with Crippen LogP contribution < -0.4 is 15.1 Å². The number of nitrogens with zero attached hydrogens (tertiary/aromatic N) is 4. The van der Waals surface area contributed by atoms with Crippen LogP contribution in [0, 0.1) is 19.3 Å². The van der Waals surface area contributed by atoms with Gasteiger partial charge in [0.05, 0.1) is 11.3 Å². The fourth-order valence-corrected chi connectivity index (χ4v) is 3.12. The molecule has 2 aromatic rings. The second kappa shape index (κ2) is 7.09. The summed E-state index contributed by atoms with van der Waals surface area (Å²) in [5, 5.41) is 2.53. The maximum atomic E-state index is 14.3. The molecule has 1 aromatic heterocycles. The van der Waals surface area contributed by atoms with Crippen LogP contribution >= 0.6 is 12.2 Å². The van der Waals surface area contributed by atoms with Crippen molar-refractivity contribution in [1.29, 1.82) is 0 Å². The van der Waals surface area contributed by atoms with Crippen LogP contribution in [0.1, 0.15) is 15.9 Å². The van der Waals surface area contributed by atoms with Gasteiger partial charge in [0.25, 0.3) is 17.6 Å². The van der Waals surface area contributed by atoms with Crippen molar-refractivity contribution in [3.63, 3.8) is 0 Å². The second-order valence-corrected chi connectivity index (χ2v) is 6.15. The summed E-state index contributed by atoms with van der Waals surface area (Å²) in [6.07, 6.45) is 1.41. The molecule has 136 valence electrons. The summed E-state index contributed by atoms with van der Waals surface area (Å²) in [5.74, 6) is -1.30. The molecule has 7 nitrogen and oxygen atoms in total. The Morgan fingerprint density at radius 3 is 2.70 bits per heavy atom. The first-order chi connectivity index (χ1) is 12.9. The molecule has 0 aliphatic carbocycles. The van der Waals surface area contributed by atoms with Crippen LogP contribution in [-0.4, -0.2) is 35.5 Å². The number of carbonyl (C=O) groups is 2. The summed E-state index contributed by atoms with van der Waals surface area (Å²) >= 11 is 5.40. The molecule has 0 bridgehead atoms. The highest BCUT2D eigenvalue weighted by Crippen LogP contribution is 2.29. The number of nitrogens with one attached hydrogen (secondary N) is 1. The Hall–Kier alpha value is -3.38. The van der Waals surface area contributed by atoms with Crippen molar-refractivity contribution in [2.24, 2.45) is 0 Å². The van der Waals surface area contributed by atoms with Crippen molar-refractivity contribution in [1.82, 2.24) is 10.3 Å². The van der Waals surface area contributed by atoms with Crippen LogP contribution in [0.15, 0.2) is 30.5 Å². The van der Waals surface area contributed by atoms with E-state index in [0.29, 0.717) is 16.9 Å². The fourth-order valence-electron chi connectivity index (χ4n) is 2.74. The van der Waals surface area contributed by atoms with Crippen LogP contribution in [0.5, 0.6) is 0 Å². The zero-order chi connectivity index (χ0) is 19.7. The number of anilines is 2. The van der Waals surface area contributed by atoms with Crippen molar-refractivity contribution in [2.75, 3.05) is 23.4 Å².